The van der Waals surface area contributed by atoms with Crippen LogP contribution in [-0.2, 0) is 0 Å². The number of hydrogen-bond acceptors (Lipinski definition) is 2. The molecule has 2 aliphatic heterocycles. The first kappa shape index (κ1) is 27.1. The Morgan fingerprint density at radius 3 is 0.925 bits per heavy atom. The van der Waals surface area contributed by atoms with E-state index in [2.05, 4.69) is 194 Å². The summed E-state index contributed by atoms with van der Waals surface area (Å²) in [5, 5.41) is 0. The average molecular weight is 518 g/mol. The minimum Gasteiger partial charge on any atom is -0.419 e. The molecule has 196 valence electrons. The molecule has 6 rings (SSSR count). The van der Waals surface area contributed by atoms with Crippen molar-refractivity contribution in [3.63, 3.8) is 0 Å². The van der Waals surface area contributed by atoms with E-state index in [1.165, 1.54) is 22.3 Å². The molecule has 0 N–H and O–H groups in total. The van der Waals surface area contributed by atoms with Crippen LogP contribution in [0.4, 0.5) is 0 Å². The Labute approximate surface area is 240 Å². The maximum absolute atomic E-state index is 2.28. The summed E-state index contributed by atoms with van der Waals surface area (Å²) in [4.78, 5) is 4.56. The molecule has 0 saturated carbocycles. The summed E-state index contributed by atoms with van der Waals surface area (Å²) in [5.74, 6) is 5.27. The number of allylic oxidation sites excluding steroid dienone is 4. The van der Waals surface area contributed by atoms with Crippen LogP contribution in [0, 0.1) is 0 Å². The van der Waals surface area contributed by atoms with Crippen molar-refractivity contribution in [1.29, 1.82) is 0 Å². The molecule has 0 unspecified atom stereocenters. The first-order chi connectivity index (χ1) is 19.7. The van der Waals surface area contributed by atoms with E-state index >= 15 is 0 Å². The molecular weight excluding hydrogens is 482 g/mol. The van der Waals surface area contributed by atoms with Crippen LogP contribution < -0.4 is 0 Å². The van der Waals surface area contributed by atoms with Gasteiger partial charge in [-0.2, -0.15) is 0 Å². The van der Waals surface area contributed by atoms with E-state index < -0.39 is 0 Å². The molecule has 0 saturated heterocycles. The maximum atomic E-state index is 2.28. The summed E-state index contributed by atoms with van der Waals surface area (Å²) in [6, 6.07) is 43.0. The average Bonchev–Trinajstić information content (AvgIpc) is 3.02. The third-order valence-electron chi connectivity index (χ3n) is 7.74. The Balaban J connectivity index is 0.000000161. The van der Waals surface area contributed by atoms with E-state index in [0.717, 1.165) is 0 Å². The summed E-state index contributed by atoms with van der Waals surface area (Å²) in [6.07, 6.45) is 12.7. The van der Waals surface area contributed by atoms with Crippen LogP contribution in [0.3, 0.4) is 0 Å². The summed E-state index contributed by atoms with van der Waals surface area (Å²) in [7, 11) is 4.28. The Bertz CT molecular complexity index is 1240. The standard InChI is InChI=1S/2C18H18BN/c2*1-20-15-9-8-14-19(20)18(16-10-4-2-5-11-16)17-12-6-3-7-13-17/h2*2-15,18H,1H3. The van der Waals surface area contributed by atoms with Gasteiger partial charge in [0.15, 0.2) is 0 Å². The van der Waals surface area contributed by atoms with E-state index in [0.29, 0.717) is 25.3 Å². The molecule has 40 heavy (non-hydrogen) atoms. The summed E-state index contributed by atoms with van der Waals surface area (Å²) in [5.41, 5.74) is 5.43. The predicted molar refractivity (Wildman–Crippen MR) is 173 cm³/mol. The van der Waals surface area contributed by atoms with Crippen LogP contribution in [0.25, 0.3) is 0 Å². The van der Waals surface area contributed by atoms with Crippen molar-refractivity contribution in [2.24, 2.45) is 0 Å². The van der Waals surface area contributed by atoms with Crippen molar-refractivity contribution in [1.82, 2.24) is 9.62 Å². The fraction of sp³-hybridized carbons (Fsp3) is 0.111. The lowest BCUT2D eigenvalue weighted by atomic mass is 9.45. The quantitative estimate of drug-likeness (QED) is 0.240. The molecule has 0 bridgehead atoms. The van der Waals surface area contributed by atoms with Gasteiger partial charge >= 0.3 is 0 Å². The second kappa shape index (κ2) is 13.6. The molecule has 0 aromatic heterocycles. The number of nitrogens with zero attached hydrogens (tertiary/aromatic N) is 2. The second-order valence-corrected chi connectivity index (χ2v) is 10.4. The van der Waals surface area contributed by atoms with Crippen LogP contribution in [-0.4, -0.2) is 37.4 Å². The van der Waals surface area contributed by atoms with E-state index in [4.69, 9.17) is 0 Å². The third-order valence-corrected chi connectivity index (χ3v) is 7.74. The Kier molecular flexibility index (Phi) is 9.21. The van der Waals surface area contributed by atoms with Gasteiger partial charge in [-0.15, -0.1) is 0 Å². The Hall–Kier alpha value is -4.43. The Morgan fingerprint density at radius 1 is 0.400 bits per heavy atom. The number of rotatable bonds is 6. The van der Waals surface area contributed by atoms with E-state index in [9.17, 15) is 0 Å². The highest BCUT2D eigenvalue weighted by Gasteiger charge is 2.31. The first-order valence-corrected chi connectivity index (χ1v) is 14.1. The molecule has 2 heterocycles. The highest BCUT2D eigenvalue weighted by atomic mass is 15.0. The van der Waals surface area contributed by atoms with Crippen LogP contribution in [0.15, 0.2) is 170 Å². The van der Waals surface area contributed by atoms with Gasteiger partial charge in [0.05, 0.1) is 0 Å². The highest BCUT2D eigenvalue weighted by molar-refractivity contribution is 6.64. The molecule has 0 atom stereocenters. The van der Waals surface area contributed by atoms with Gasteiger partial charge in [0.25, 0.3) is 13.7 Å². The van der Waals surface area contributed by atoms with Gasteiger partial charge in [0.1, 0.15) is 0 Å². The van der Waals surface area contributed by atoms with E-state index in [1.54, 1.807) is 0 Å². The van der Waals surface area contributed by atoms with Gasteiger partial charge in [0.2, 0.25) is 0 Å². The summed E-state index contributed by atoms with van der Waals surface area (Å²) in [6.45, 7) is 0.703. The second-order valence-electron chi connectivity index (χ2n) is 10.4. The lowest BCUT2D eigenvalue weighted by molar-refractivity contribution is 0.694. The zero-order valence-electron chi connectivity index (χ0n) is 23.4. The van der Waals surface area contributed by atoms with Crippen molar-refractivity contribution in [3.05, 3.63) is 192 Å². The summed E-state index contributed by atoms with van der Waals surface area (Å²) < 4.78 is 0. The molecule has 0 amide bonds. The zero-order valence-corrected chi connectivity index (χ0v) is 23.4. The lowest BCUT2D eigenvalue weighted by Crippen LogP contribution is -2.38. The molecular formula is C36H36B2N2. The molecule has 2 nitrogen and oxygen atoms in total. The van der Waals surface area contributed by atoms with Crippen LogP contribution in [0.5, 0.6) is 0 Å². The summed E-state index contributed by atoms with van der Waals surface area (Å²) >= 11 is 0. The molecule has 0 aliphatic carbocycles. The van der Waals surface area contributed by atoms with Gasteiger partial charge in [-0.1, -0.05) is 145 Å². The van der Waals surface area contributed by atoms with Crippen molar-refractivity contribution in [2.75, 3.05) is 14.1 Å². The molecule has 0 radical (unpaired) electrons. The SMILES string of the molecule is CN1C=CC=CB1C(c1ccccc1)c1ccccc1.CN1C=CC=CB1C(c1ccccc1)c1ccccc1. The van der Waals surface area contributed by atoms with Crippen LogP contribution in [0.2, 0.25) is 0 Å². The van der Waals surface area contributed by atoms with Crippen molar-refractivity contribution >= 4 is 13.7 Å². The first-order valence-electron chi connectivity index (χ1n) is 14.1. The molecule has 4 aromatic rings. The van der Waals surface area contributed by atoms with Crippen LogP contribution >= 0.6 is 0 Å². The number of hydrogen-bond donors (Lipinski definition) is 0. The largest absolute Gasteiger partial charge is 0.419 e. The van der Waals surface area contributed by atoms with Gasteiger partial charge < -0.3 is 9.62 Å². The fourth-order valence-electron chi connectivity index (χ4n) is 5.70. The number of benzene rings is 4. The molecule has 0 fully saturated rings. The normalized spacial score (nSPS) is 14.1. The van der Waals surface area contributed by atoms with E-state index in [-0.39, 0.29) is 0 Å². The predicted octanol–water partition coefficient (Wildman–Crippen LogP) is 7.81. The van der Waals surface area contributed by atoms with Gasteiger partial charge in [-0.05, 0) is 60.9 Å². The molecule has 2 aliphatic rings. The van der Waals surface area contributed by atoms with Gasteiger partial charge in [0, 0.05) is 11.6 Å². The monoisotopic (exact) mass is 518 g/mol. The lowest BCUT2D eigenvalue weighted by Gasteiger charge is -2.31. The molecule has 4 heteroatoms. The zero-order chi connectivity index (χ0) is 27.6. The third kappa shape index (κ3) is 6.58. The van der Waals surface area contributed by atoms with Crippen LogP contribution in [0.1, 0.15) is 33.9 Å². The Morgan fingerprint density at radius 2 is 0.675 bits per heavy atom. The topological polar surface area (TPSA) is 6.48 Å². The molecule has 4 aromatic carbocycles. The smallest absolute Gasteiger partial charge is 0.292 e. The minimum atomic E-state index is 0.351. The van der Waals surface area contributed by atoms with Gasteiger partial charge in [-0.3, -0.25) is 0 Å². The molecule has 0 spiro atoms. The van der Waals surface area contributed by atoms with Gasteiger partial charge in [-0.25, -0.2) is 0 Å². The fourth-order valence-corrected chi connectivity index (χ4v) is 5.70. The highest BCUT2D eigenvalue weighted by Crippen LogP contribution is 2.31. The van der Waals surface area contributed by atoms with E-state index in [1.807, 2.05) is 0 Å². The minimum absolute atomic E-state index is 0.351. The van der Waals surface area contributed by atoms with Crippen molar-refractivity contribution in [2.45, 2.75) is 11.6 Å². The van der Waals surface area contributed by atoms with Crippen molar-refractivity contribution < 1.29 is 0 Å². The maximum Gasteiger partial charge on any atom is 0.292 e. The van der Waals surface area contributed by atoms with Crippen molar-refractivity contribution in [3.8, 4) is 0 Å².